The summed E-state index contributed by atoms with van der Waals surface area (Å²) in [5.41, 5.74) is 4.48. The molecule has 0 atom stereocenters. The highest BCUT2D eigenvalue weighted by molar-refractivity contribution is 7.89. The zero-order valence-corrected chi connectivity index (χ0v) is 17.5. The van der Waals surface area contributed by atoms with Gasteiger partial charge in [0.25, 0.3) is 5.89 Å². The fraction of sp³-hybridized carbons (Fsp3) is 0.450. The molecule has 152 valence electrons. The van der Waals surface area contributed by atoms with Gasteiger partial charge < -0.3 is 4.52 Å². The molecule has 3 heterocycles. The molecule has 1 aliphatic heterocycles. The zero-order chi connectivity index (χ0) is 20.3. The molecule has 1 saturated carbocycles. The van der Waals surface area contributed by atoms with Crippen LogP contribution in [0.3, 0.4) is 0 Å². The maximum atomic E-state index is 13.3. The van der Waals surface area contributed by atoms with Crippen molar-refractivity contribution in [3.05, 3.63) is 46.4 Å². The van der Waals surface area contributed by atoms with Crippen molar-refractivity contribution < 1.29 is 12.9 Å². The third-order valence-electron chi connectivity index (χ3n) is 5.91. The normalized spacial score (nSPS) is 17.5. The van der Waals surface area contributed by atoms with Gasteiger partial charge in [-0.2, -0.15) is 14.4 Å². The predicted octanol–water partition coefficient (Wildman–Crippen LogP) is 2.71. The largest absolute Gasteiger partial charge is 0.332 e. The van der Waals surface area contributed by atoms with Crippen molar-refractivity contribution in [3.63, 3.8) is 0 Å². The zero-order valence-electron chi connectivity index (χ0n) is 16.7. The molecule has 1 aromatic carbocycles. The molecule has 0 saturated heterocycles. The summed E-state index contributed by atoms with van der Waals surface area (Å²) < 4.78 is 35.3. The fourth-order valence-electron chi connectivity index (χ4n) is 3.81. The molecular weight excluding hydrogens is 390 g/mol. The molecule has 0 N–H and O–H groups in total. The first kappa shape index (κ1) is 18.5. The van der Waals surface area contributed by atoms with E-state index in [1.807, 2.05) is 27.0 Å². The van der Waals surface area contributed by atoms with Crippen LogP contribution in [0.1, 0.15) is 47.0 Å². The summed E-state index contributed by atoms with van der Waals surface area (Å²) in [7, 11) is -1.73. The number of benzene rings is 1. The molecule has 3 aromatic rings. The lowest BCUT2D eigenvalue weighted by molar-refractivity contribution is 0.385. The van der Waals surface area contributed by atoms with Crippen molar-refractivity contribution >= 4 is 10.0 Å². The predicted molar refractivity (Wildman–Crippen MR) is 106 cm³/mol. The minimum Gasteiger partial charge on any atom is -0.332 e. The van der Waals surface area contributed by atoms with Crippen LogP contribution in [0.25, 0.3) is 11.6 Å². The van der Waals surface area contributed by atoms with E-state index in [0.717, 1.165) is 41.1 Å². The smallest absolute Gasteiger partial charge is 0.278 e. The van der Waals surface area contributed by atoms with Gasteiger partial charge in [0.2, 0.25) is 10.0 Å². The first-order chi connectivity index (χ1) is 13.8. The molecule has 5 rings (SSSR count). The standard InChI is InChI=1S/C20H23N5O3S/c1-12-4-7-15(10-13(12)2)29(26,27)25-9-8-17-16(11-25)18(22-24(17)3)20-21-19(23-28-20)14-5-6-14/h4,7,10,14H,5-6,8-9,11H2,1-3H3. The van der Waals surface area contributed by atoms with Crippen molar-refractivity contribution in [2.45, 2.75) is 50.5 Å². The van der Waals surface area contributed by atoms with E-state index in [9.17, 15) is 8.42 Å². The van der Waals surface area contributed by atoms with E-state index in [-0.39, 0.29) is 6.54 Å². The van der Waals surface area contributed by atoms with E-state index in [0.29, 0.717) is 35.4 Å². The van der Waals surface area contributed by atoms with Gasteiger partial charge in [-0.05, 0) is 49.9 Å². The molecule has 1 aliphatic carbocycles. The number of hydrogen-bond donors (Lipinski definition) is 0. The van der Waals surface area contributed by atoms with Gasteiger partial charge in [0.1, 0.15) is 0 Å². The number of rotatable bonds is 4. The summed E-state index contributed by atoms with van der Waals surface area (Å²) in [6.07, 6.45) is 2.76. The Balaban J connectivity index is 1.50. The van der Waals surface area contributed by atoms with Crippen LogP contribution >= 0.6 is 0 Å². The topological polar surface area (TPSA) is 94.1 Å². The average molecular weight is 414 g/mol. The van der Waals surface area contributed by atoms with Crippen LogP contribution < -0.4 is 0 Å². The van der Waals surface area contributed by atoms with Gasteiger partial charge in [-0.25, -0.2) is 8.42 Å². The highest BCUT2D eigenvalue weighted by atomic mass is 32.2. The van der Waals surface area contributed by atoms with E-state index >= 15 is 0 Å². The Labute approximate surface area is 169 Å². The van der Waals surface area contributed by atoms with Crippen LogP contribution in [0.2, 0.25) is 0 Å². The minimum absolute atomic E-state index is 0.245. The summed E-state index contributed by atoms with van der Waals surface area (Å²) in [6.45, 7) is 4.56. The molecule has 8 nitrogen and oxygen atoms in total. The average Bonchev–Trinajstić information content (AvgIpc) is 3.34. The molecule has 9 heteroatoms. The number of sulfonamides is 1. The lowest BCUT2D eigenvalue weighted by Gasteiger charge is -2.27. The monoisotopic (exact) mass is 413 g/mol. The van der Waals surface area contributed by atoms with Crippen molar-refractivity contribution in [2.24, 2.45) is 7.05 Å². The second-order valence-electron chi connectivity index (χ2n) is 7.96. The number of aromatic nitrogens is 4. The highest BCUT2D eigenvalue weighted by Gasteiger charge is 2.35. The second kappa shape index (κ2) is 6.50. The van der Waals surface area contributed by atoms with Crippen LogP contribution in [0.4, 0.5) is 0 Å². The maximum absolute atomic E-state index is 13.3. The van der Waals surface area contributed by atoms with Crippen LogP contribution in [0.5, 0.6) is 0 Å². The molecule has 0 radical (unpaired) electrons. The Morgan fingerprint density at radius 2 is 1.97 bits per heavy atom. The molecule has 2 aromatic heterocycles. The van der Waals surface area contributed by atoms with E-state index in [1.165, 1.54) is 4.31 Å². The molecule has 0 amide bonds. The van der Waals surface area contributed by atoms with Crippen LogP contribution in [-0.4, -0.2) is 39.2 Å². The van der Waals surface area contributed by atoms with E-state index in [1.54, 1.807) is 16.8 Å². The van der Waals surface area contributed by atoms with Gasteiger partial charge in [0.15, 0.2) is 11.5 Å². The molecule has 1 fully saturated rings. The van der Waals surface area contributed by atoms with Crippen LogP contribution in [-0.2, 0) is 30.0 Å². The Hall–Kier alpha value is -2.52. The van der Waals surface area contributed by atoms with E-state index < -0.39 is 10.0 Å². The third kappa shape index (κ3) is 3.08. The SMILES string of the molecule is Cc1ccc(S(=O)(=O)N2CCc3c(c(-c4nc(C5CC5)no4)nn3C)C2)cc1C. The lowest BCUT2D eigenvalue weighted by atomic mass is 10.1. The Morgan fingerprint density at radius 3 is 2.69 bits per heavy atom. The lowest BCUT2D eigenvalue weighted by Crippen LogP contribution is -2.36. The summed E-state index contributed by atoms with van der Waals surface area (Å²) in [5, 5.41) is 8.65. The van der Waals surface area contributed by atoms with Crippen molar-refractivity contribution in [1.82, 2.24) is 24.2 Å². The summed E-state index contributed by atoms with van der Waals surface area (Å²) in [5.74, 6) is 1.47. The molecule has 0 unspecified atom stereocenters. The second-order valence-corrected chi connectivity index (χ2v) is 9.90. The van der Waals surface area contributed by atoms with Crippen molar-refractivity contribution in [2.75, 3.05) is 6.54 Å². The highest BCUT2D eigenvalue weighted by Crippen LogP contribution is 2.39. The van der Waals surface area contributed by atoms with Gasteiger partial charge in [-0.1, -0.05) is 11.2 Å². The van der Waals surface area contributed by atoms with Gasteiger partial charge in [-0.15, -0.1) is 0 Å². The quantitative estimate of drug-likeness (QED) is 0.653. The summed E-state index contributed by atoms with van der Waals surface area (Å²) in [6, 6.07) is 5.27. The Kier molecular flexibility index (Phi) is 4.15. The minimum atomic E-state index is -3.60. The van der Waals surface area contributed by atoms with Gasteiger partial charge in [-0.3, -0.25) is 4.68 Å². The number of hydrogen-bond acceptors (Lipinski definition) is 6. The first-order valence-corrected chi connectivity index (χ1v) is 11.2. The summed E-state index contributed by atoms with van der Waals surface area (Å²) >= 11 is 0. The number of fused-ring (bicyclic) bond motifs is 1. The number of nitrogens with zero attached hydrogens (tertiary/aromatic N) is 5. The van der Waals surface area contributed by atoms with Gasteiger partial charge >= 0.3 is 0 Å². The summed E-state index contributed by atoms with van der Waals surface area (Å²) in [4.78, 5) is 4.83. The first-order valence-electron chi connectivity index (χ1n) is 9.80. The van der Waals surface area contributed by atoms with Crippen molar-refractivity contribution in [3.8, 4) is 11.6 Å². The molecule has 29 heavy (non-hydrogen) atoms. The Morgan fingerprint density at radius 1 is 1.17 bits per heavy atom. The third-order valence-corrected chi connectivity index (χ3v) is 7.75. The molecule has 0 spiro atoms. The van der Waals surface area contributed by atoms with Crippen LogP contribution in [0, 0.1) is 13.8 Å². The van der Waals surface area contributed by atoms with Crippen LogP contribution in [0.15, 0.2) is 27.6 Å². The van der Waals surface area contributed by atoms with E-state index in [4.69, 9.17) is 4.52 Å². The van der Waals surface area contributed by atoms with E-state index in [2.05, 4.69) is 15.2 Å². The number of aryl methyl sites for hydroxylation is 3. The molecular formula is C20H23N5O3S. The van der Waals surface area contributed by atoms with Gasteiger partial charge in [0.05, 0.1) is 4.90 Å². The van der Waals surface area contributed by atoms with Gasteiger partial charge in [0, 0.05) is 43.7 Å². The van der Waals surface area contributed by atoms with Crippen molar-refractivity contribution in [1.29, 1.82) is 0 Å². The maximum Gasteiger partial charge on any atom is 0.278 e. The fourth-order valence-corrected chi connectivity index (χ4v) is 5.30. The Bertz CT molecular complexity index is 1210. The molecule has 2 aliphatic rings. The molecule has 0 bridgehead atoms.